The Kier molecular flexibility index (Phi) is 3.56. The summed E-state index contributed by atoms with van der Waals surface area (Å²) in [6, 6.07) is 5.50. The Labute approximate surface area is 164 Å². The Morgan fingerprint density at radius 3 is 2.79 bits per heavy atom. The molecule has 3 aliphatic heterocycles. The Morgan fingerprint density at radius 2 is 2.04 bits per heavy atom. The molecule has 2 atom stereocenters. The molecule has 3 saturated heterocycles. The quantitative estimate of drug-likeness (QED) is 0.567. The number of piperazine rings is 1. The molecule has 3 fully saturated rings. The van der Waals surface area contributed by atoms with Gasteiger partial charge in [0.25, 0.3) is 6.01 Å². The van der Waals surface area contributed by atoms with Crippen molar-refractivity contribution in [2.24, 2.45) is 0 Å². The third-order valence-corrected chi connectivity index (χ3v) is 5.91. The molecule has 0 amide bonds. The lowest BCUT2D eigenvalue weighted by atomic mass is 9.92. The first-order valence-electron chi connectivity index (χ1n) is 9.12. The molecule has 1 N–H and O–H groups in total. The summed E-state index contributed by atoms with van der Waals surface area (Å²) in [7, 11) is 0. The van der Waals surface area contributed by atoms with Gasteiger partial charge in [0, 0.05) is 49.1 Å². The van der Waals surface area contributed by atoms with E-state index in [9.17, 15) is 0 Å². The molecular weight excluding hydrogens is 376 g/mol. The smallest absolute Gasteiger partial charge is 0.298 e. The zero-order valence-electron chi connectivity index (χ0n) is 14.8. The number of nitrogens with one attached hydrogen (secondary N) is 1. The number of oxazole rings is 1. The summed E-state index contributed by atoms with van der Waals surface area (Å²) in [5.74, 6) is 1.00. The highest BCUT2D eigenvalue weighted by Gasteiger charge is 2.38. The minimum atomic E-state index is 0.416. The van der Waals surface area contributed by atoms with Crippen LogP contribution in [0.2, 0.25) is 0 Å². The van der Waals surface area contributed by atoms with Crippen LogP contribution in [-0.4, -0.2) is 45.1 Å². The average Bonchev–Trinajstić information content (AvgIpc) is 3.39. The van der Waals surface area contributed by atoms with E-state index in [0.717, 1.165) is 23.7 Å². The predicted octanol–water partition coefficient (Wildman–Crippen LogP) is 3.08. The Balaban J connectivity index is 1.46. The monoisotopic (exact) mass is 392 g/mol. The van der Waals surface area contributed by atoms with E-state index in [0.29, 0.717) is 40.8 Å². The van der Waals surface area contributed by atoms with Gasteiger partial charge in [-0.15, -0.1) is 11.3 Å². The molecule has 7 rings (SSSR count). The number of thiazole rings is 1. The van der Waals surface area contributed by atoms with Crippen molar-refractivity contribution in [3.63, 3.8) is 0 Å². The molecule has 2 unspecified atom stereocenters. The van der Waals surface area contributed by atoms with Crippen LogP contribution in [0.4, 0.5) is 6.01 Å². The van der Waals surface area contributed by atoms with Gasteiger partial charge in [0.05, 0.1) is 11.8 Å². The number of piperidine rings is 1. The molecule has 0 radical (unpaired) electrons. The van der Waals surface area contributed by atoms with Gasteiger partial charge in [-0.05, 0) is 18.6 Å². The molecule has 4 aromatic rings. The second-order valence-electron chi connectivity index (χ2n) is 6.97. The maximum Gasteiger partial charge on any atom is 0.298 e. The number of rotatable bonds is 4. The molecule has 0 saturated carbocycles. The number of hydrogen-bond acceptors (Lipinski definition) is 9. The second kappa shape index (κ2) is 6.25. The summed E-state index contributed by atoms with van der Waals surface area (Å²) in [4.78, 5) is 19.7. The fourth-order valence-electron chi connectivity index (χ4n) is 3.83. The first kappa shape index (κ1) is 16.0. The van der Waals surface area contributed by atoms with Gasteiger partial charge in [0.15, 0.2) is 16.8 Å². The van der Waals surface area contributed by atoms with Crippen molar-refractivity contribution in [2.45, 2.75) is 18.5 Å². The Morgan fingerprint density at radius 1 is 1.14 bits per heavy atom. The highest BCUT2D eigenvalue weighted by molar-refractivity contribution is 7.13. The highest BCUT2D eigenvalue weighted by atomic mass is 32.1. The molecule has 3 aliphatic rings. The van der Waals surface area contributed by atoms with Crippen molar-refractivity contribution in [1.82, 2.24) is 25.3 Å². The zero-order chi connectivity index (χ0) is 18.5. The van der Waals surface area contributed by atoms with Crippen LogP contribution in [0.15, 0.2) is 46.7 Å². The number of ether oxygens (including phenoxy) is 1. The standard InChI is InChI=1S/C19H16N6O2S/c1-2-14(26-15-8-20-3-4-21-15)16-17(13(1)18-22-5-6-28-18)27-19(24-16)25-9-11-7-12(10-25)23-11/h1-6,8,11-12,23H,7,9-10H2. The number of hydrogen-bond donors (Lipinski definition) is 1. The van der Waals surface area contributed by atoms with E-state index >= 15 is 0 Å². The second-order valence-corrected chi connectivity index (χ2v) is 7.86. The largest absolute Gasteiger partial charge is 0.435 e. The van der Waals surface area contributed by atoms with Gasteiger partial charge in [0.1, 0.15) is 5.01 Å². The van der Waals surface area contributed by atoms with Crippen molar-refractivity contribution < 1.29 is 9.15 Å². The fraction of sp³-hybridized carbons (Fsp3) is 0.263. The van der Waals surface area contributed by atoms with E-state index in [4.69, 9.17) is 14.1 Å². The van der Waals surface area contributed by atoms with Crippen molar-refractivity contribution in [1.29, 1.82) is 0 Å². The van der Waals surface area contributed by atoms with Crippen LogP contribution in [0.5, 0.6) is 11.6 Å². The first-order chi connectivity index (χ1) is 13.8. The summed E-state index contributed by atoms with van der Waals surface area (Å²) in [6.07, 6.45) is 7.79. The van der Waals surface area contributed by atoms with Crippen molar-refractivity contribution in [3.05, 3.63) is 42.3 Å². The summed E-state index contributed by atoms with van der Waals surface area (Å²) >= 11 is 1.57. The maximum atomic E-state index is 6.25. The highest BCUT2D eigenvalue weighted by Crippen LogP contribution is 2.39. The Hall–Kier alpha value is -3.04. The van der Waals surface area contributed by atoms with Gasteiger partial charge in [-0.3, -0.25) is 4.98 Å². The van der Waals surface area contributed by atoms with E-state index in [-0.39, 0.29) is 0 Å². The van der Waals surface area contributed by atoms with E-state index in [1.54, 1.807) is 36.1 Å². The maximum absolute atomic E-state index is 6.25. The van der Waals surface area contributed by atoms with Crippen molar-refractivity contribution in [2.75, 3.05) is 18.0 Å². The van der Waals surface area contributed by atoms with E-state index < -0.39 is 0 Å². The van der Waals surface area contributed by atoms with E-state index in [1.807, 2.05) is 17.5 Å². The molecule has 0 spiro atoms. The third-order valence-electron chi connectivity index (χ3n) is 5.10. The lowest BCUT2D eigenvalue weighted by Crippen LogP contribution is -2.67. The van der Waals surface area contributed by atoms with Crippen LogP contribution in [-0.2, 0) is 0 Å². The van der Waals surface area contributed by atoms with Crippen LogP contribution < -0.4 is 15.0 Å². The van der Waals surface area contributed by atoms with Crippen molar-refractivity contribution in [3.8, 4) is 22.2 Å². The van der Waals surface area contributed by atoms with Gasteiger partial charge >= 0.3 is 0 Å². The molecule has 8 nitrogen and oxygen atoms in total. The SMILES string of the molecule is c1cnc(Oc2ccc(-c3nccs3)c3oc(N4CC5CC(C4)N5)nc23)cn1. The number of nitrogens with zero attached hydrogens (tertiary/aromatic N) is 5. The van der Waals surface area contributed by atoms with Crippen LogP contribution in [0.1, 0.15) is 6.42 Å². The first-order valence-corrected chi connectivity index (χ1v) is 10.00. The molecule has 3 aromatic heterocycles. The molecule has 0 aliphatic carbocycles. The third kappa shape index (κ3) is 2.62. The van der Waals surface area contributed by atoms with E-state index in [2.05, 4.69) is 25.2 Å². The normalized spacial score (nSPS) is 20.9. The molecular formula is C19H16N6O2S. The average molecular weight is 392 g/mol. The number of aromatic nitrogens is 4. The minimum Gasteiger partial charge on any atom is -0.435 e. The molecule has 9 heteroatoms. The van der Waals surface area contributed by atoms with Crippen LogP contribution in [0.3, 0.4) is 0 Å². The molecule has 2 bridgehead atoms. The topological polar surface area (TPSA) is 89.2 Å². The zero-order valence-corrected chi connectivity index (χ0v) is 15.6. The molecule has 6 heterocycles. The predicted molar refractivity (Wildman–Crippen MR) is 105 cm³/mol. The van der Waals surface area contributed by atoms with Gasteiger partial charge in [-0.1, -0.05) is 0 Å². The fourth-order valence-corrected chi connectivity index (χ4v) is 4.49. The van der Waals surface area contributed by atoms with Gasteiger partial charge in [-0.2, -0.15) is 4.98 Å². The molecule has 1 aromatic carbocycles. The number of fused-ring (bicyclic) bond motifs is 3. The van der Waals surface area contributed by atoms with E-state index in [1.165, 1.54) is 6.42 Å². The molecule has 140 valence electrons. The van der Waals surface area contributed by atoms with Crippen LogP contribution in [0, 0.1) is 0 Å². The van der Waals surface area contributed by atoms with Crippen molar-refractivity contribution >= 4 is 28.5 Å². The molecule has 28 heavy (non-hydrogen) atoms. The van der Waals surface area contributed by atoms with Gasteiger partial charge in [0.2, 0.25) is 5.88 Å². The van der Waals surface area contributed by atoms with Crippen LogP contribution in [0.25, 0.3) is 21.7 Å². The summed E-state index contributed by atoms with van der Waals surface area (Å²) < 4.78 is 12.2. The van der Waals surface area contributed by atoms with Gasteiger partial charge in [-0.25, -0.2) is 9.97 Å². The summed E-state index contributed by atoms with van der Waals surface area (Å²) in [5.41, 5.74) is 2.26. The lowest BCUT2D eigenvalue weighted by molar-refractivity contribution is 0.220. The van der Waals surface area contributed by atoms with Crippen LogP contribution >= 0.6 is 11.3 Å². The number of anilines is 1. The lowest BCUT2D eigenvalue weighted by Gasteiger charge is -2.47. The minimum absolute atomic E-state index is 0.416. The summed E-state index contributed by atoms with van der Waals surface area (Å²) in [5, 5.41) is 6.37. The summed E-state index contributed by atoms with van der Waals surface area (Å²) in [6.45, 7) is 1.80. The number of benzene rings is 1. The Bertz CT molecular complexity index is 1110. The van der Waals surface area contributed by atoms with Gasteiger partial charge < -0.3 is 19.4 Å².